The highest BCUT2D eigenvalue weighted by molar-refractivity contribution is 7.25. The van der Waals surface area contributed by atoms with Gasteiger partial charge in [-0.1, -0.05) is 146 Å². The first kappa shape index (κ1) is 31.9. The van der Waals surface area contributed by atoms with E-state index in [4.69, 9.17) is 0 Å². The summed E-state index contributed by atoms with van der Waals surface area (Å²) < 4.78 is 7.59. The summed E-state index contributed by atoms with van der Waals surface area (Å²) in [6, 6.07) is 76.7. The van der Waals surface area contributed by atoms with Crippen LogP contribution in [0, 0.1) is 0 Å². The minimum absolute atomic E-state index is 0.435. The zero-order valence-electron chi connectivity index (χ0n) is 31.4. The molecule has 3 heteroatoms. The number of benzene rings is 9. The summed E-state index contributed by atoms with van der Waals surface area (Å²) in [6.45, 7) is 0. The van der Waals surface area contributed by atoms with E-state index in [1.54, 1.807) is 0 Å². The Labute approximate surface area is 339 Å². The Hall–Kier alpha value is -7.20. The molecular formula is C55H34N2S. The van der Waals surface area contributed by atoms with E-state index in [1.807, 2.05) is 11.3 Å². The maximum Gasteiger partial charge on any atom is 0.0713 e. The normalized spacial score (nSPS) is 13.3. The van der Waals surface area contributed by atoms with Crippen molar-refractivity contribution in [1.29, 1.82) is 0 Å². The molecule has 1 aliphatic carbocycles. The van der Waals surface area contributed by atoms with E-state index in [9.17, 15) is 0 Å². The highest BCUT2D eigenvalue weighted by Gasteiger charge is 2.45. The highest BCUT2D eigenvalue weighted by Crippen LogP contribution is 2.56. The average molecular weight is 755 g/mol. The lowest BCUT2D eigenvalue weighted by molar-refractivity contribution is 0.768. The van der Waals surface area contributed by atoms with E-state index in [2.05, 4.69) is 215 Å². The molecule has 0 aliphatic heterocycles. The van der Waals surface area contributed by atoms with Crippen molar-refractivity contribution in [2.24, 2.45) is 0 Å². The maximum absolute atomic E-state index is 2.47. The molecule has 270 valence electrons. The molecule has 0 unspecified atom stereocenters. The zero-order valence-corrected chi connectivity index (χ0v) is 32.2. The van der Waals surface area contributed by atoms with Crippen LogP contribution in [0.1, 0.15) is 22.3 Å². The minimum atomic E-state index is -0.435. The summed E-state index contributed by atoms with van der Waals surface area (Å²) in [4.78, 5) is 0. The summed E-state index contributed by atoms with van der Waals surface area (Å²) >= 11 is 1.89. The van der Waals surface area contributed by atoms with Gasteiger partial charge in [-0.25, -0.2) is 0 Å². The van der Waals surface area contributed by atoms with Gasteiger partial charge in [-0.05, 0) is 94.0 Å². The number of hydrogen-bond donors (Lipinski definition) is 0. The fourth-order valence-electron chi connectivity index (χ4n) is 10.4. The number of aromatic nitrogens is 2. The Kier molecular flexibility index (Phi) is 6.56. The van der Waals surface area contributed by atoms with E-state index >= 15 is 0 Å². The van der Waals surface area contributed by atoms with Crippen LogP contribution in [-0.4, -0.2) is 9.13 Å². The number of para-hydroxylation sites is 2. The fraction of sp³-hybridized carbons (Fsp3) is 0.0182. The van der Waals surface area contributed by atoms with E-state index in [0.717, 1.165) is 11.4 Å². The molecular weight excluding hydrogens is 721 g/mol. The molecule has 12 aromatic rings. The van der Waals surface area contributed by atoms with Gasteiger partial charge in [-0.3, -0.25) is 0 Å². The highest BCUT2D eigenvalue weighted by atomic mass is 32.1. The van der Waals surface area contributed by atoms with Crippen molar-refractivity contribution >= 4 is 75.1 Å². The standard InChI is InChI=1S/C55H34N2S/c1-3-15-35(16-4-1)55(47-23-11-7-19-39(47)40-20-8-12-24-48(40)55)36-27-29-38(30-28-36)56-49-25-13-9-21-41(49)43-31-44-45-33-54-46(42-22-10-14-26-53(42)58-54)32-50(45)57(52(44)34-51(43)56)37-17-5-2-6-18-37/h1-34H. The number of nitrogens with zero attached hydrogens (tertiary/aromatic N) is 2. The van der Waals surface area contributed by atoms with Gasteiger partial charge in [0.25, 0.3) is 0 Å². The molecule has 0 saturated heterocycles. The third kappa shape index (κ3) is 4.21. The second kappa shape index (κ2) is 11.9. The van der Waals surface area contributed by atoms with Crippen LogP contribution < -0.4 is 0 Å². The summed E-state index contributed by atoms with van der Waals surface area (Å²) in [5.74, 6) is 0. The molecule has 0 spiro atoms. The molecule has 0 N–H and O–H groups in total. The molecule has 0 radical (unpaired) electrons. The number of thiophene rings is 1. The molecule has 9 aromatic carbocycles. The maximum atomic E-state index is 2.47. The van der Waals surface area contributed by atoms with Gasteiger partial charge in [-0.15, -0.1) is 11.3 Å². The van der Waals surface area contributed by atoms with E-state index in [1.165, 1.54) is 97.2 Å². The van der Waals surface area contributed by atoms with Crippen molar-refractivity contribution in [2.75, 3.05) is 0 Å². The topological polar surface area (TPSA) is 9.86 Å². The van der Waals surface area contributed by atoms with Gasteiger partial charge in [0.2, 0.25) is 0 Å². The first-order valence-electron chi connectivity index (χ1n) is 20.0. The van der Waals surface area contributed by atoms with Crippen molar-refractivity contribution in [3.63, 3.8) is 0 Å². The van der Waals surface area contributed by atoms with Gasteiger partial charge in [0.05, 0.1) is 27.5 Å². The second-order valence-electron chi connectivity index (χ2n) is 15.6. The van der Waals surface area contributed by atoms with Gasteiger partial charge < -0.3 is 9.13 Å². The van der Waals surface area contributed by atoms with Crippen LogP contribution in [0.15, 0.2) is 206 Å². The molecule has 0 saturated carbocycles. The Morgan fingerprint density at radius 1 is 0.310 bits per heavy atom. The molecule has 3 heterocycles. The third-order valence-corrected chi connectivity index (χ3v) is 13.9. The zero-order chi connectivity index (χ0) is 38.0. The van der Waals surface area contributed by atoms with E-state index < -0.39 is 5.41 Å². The lowest BCUT2D eigenvalue weighted by Crippen LogP contribution is -2.28. The van der Waals surface area contributed by atoms with Crippen LogP contribution >= 0.6 is 11.3 Å². The first-order chi connectivity index (χ1) is 28.8. The van der Waals surface area contributed by atoms with Crippen molar-refractivity contribution in [1.82, 2.24) is 9.13 Å². The molecule has 0 fully saturated rings. The molecule has 0 atom stereocenters. The quantitative estimate of drug-likeness (QED) is 0.169. The van der Waals surface area contributed by atoms with Crippen molar-refractivity contribution in [3.8, 4) is 22.5 Å². The lowest BCUT2D eigenvalue weighted by Gasteiger charge is -2.34. The van der Waals surface area contributed by atoms with Crippen LogP contribution in [-0.2, 0) is 5.41 Å². The fourth-order valence-corrected chi connectivity index (χ4v) is 11.5. The van der Waals surface area contributed by atoms with Gasteiger partial charge in [0, 0.05) is 53.1 Å². The van der Waals surface area contributed by atoms with Crippen LogP contribution in [0.2, 0.25) is 0 Å². The van der Waals surface area contributed by atoms with Crippen LogP contribution in [0.4, 0.5) is 0 Å². The third-order valence-electron chi connectivity index (χ3n) is 12.8. The van der Waals surface area contributed by atoms with E-state index in [0.29, 0.717) is 0 Å². The number of hydrogen-bond acceptors (Lipinski definition) is 1. The first-order valence-corrected chi connectivity index (χ1v) is 20.8. The smallest absolute Gasteiger partial charge is 0.0713 e. The number of fused-ring (bicyclic) bond motifs is 12. The van der Waals surface area contributed by atoms with Crippen LogP contribution in [0.5, 0.6) is 0 Å². The second-order valence-corrected chi connectivity index (χ2v) is 16.7. The summed E-state index contributed by atoms with van der Waals surface area (Å²) in [5.41, 5.74) is 14.5. The van der Waals surface area contributed by atoms with Crippen molar-refractivity contribution in [3.05, 3.63) is 229 Å². The molecule has 2 nitrogen and oxygen atoms in total. The van der Waals surface area contributed by atoms with Gasteiger partial charge in [0.15, 0.2) is 0 Å². The summed E-state index contributed by atoms with van der Waals surface area (Å²) in [6.07, 6.45) is 0. The van der Waals surface area contributed by atoms with Crippen molar-refractivity contribution in [2.45, 2.75) is 5.41 Å². The molecule has 13 rings (SSSR count). The Balaban J connectivity index is 1.08. The Morgan fingerprint density at radius 3 is 1.57 bits per heavy atom. The monoisotopic (exact) mass is 754 g/mol. The predicted molar refractivity (Wildman–Crippen MR) is 245 cm³/mol. The van der Waals surface area contributed by atoms with Crippen LogP contribution in [0.25, 0.3) is 86.3 Å². The molecule has 58 heavy (non-hydrogen) atoms. The minimum Gasteiger partial charge on any atom is -0.309 e. The van der Waals surface area contributed by atoms with Gasteiger partial charge >= 0.3 is 0 Å². The molecule has 3 aromatic heterocycles. The Morgan fingerprint density at radius 2 is 0.828 bits per heavy atom. The van der Waals surface area contributed by atoms with E-state index in [-0.39, 0.29) is 0 Å². The van der Waals surface area contributed by atoms with Crippen molar-refractivity contribution < 1.29 is 0 Å². The predicted octanol–water partition coefficient (Wildman–Crippen LogP) is 14.6. The Bertz CT molecular complexity index is 3560. The largest absolute Gasteiger partial charge is 0.309 e. The van der Waals surface area contributed by atoms with Crippen LogP contribution in [0.3, 0.4) is 0 Å². The molecule has 0 bridgehead atoms. The SMILES string of the molecule is c1ccc(-n2c3cc4c(cc3c3cc5c6ccccc6n(-c6ccc(C7(c8ccccc8)c8ccccc8-c8ccccc87)cc6)c5cc32)sc2ccccc24)cc1. The lowest BCUT2D eigenvalue weighted by atomic mass is 9.68. The molecule has 0 amide bonds. The average Bonchev–Trinajstić information content (AvgIpc) is 4.00. The van der Waals surface area contributed by atoms with Gasteiger partial charge in [0.1, 0.15) is 0 Å². The number of rotatable bonds is 4. The summed E-state index contributed by atoms with van der Waals surface area (Å²) in [5, 5.41) is 7.70. The molecule has 1 aliphatic rings. The van der Waals surface area contributed by atoms with Gasteiger partial charge in [-0.2, -0.15) is 0 Å². The summed E-state index contributed by atoms with van der Waals surface area (Å²) in [7, 11) is 0.